The van der Waals surface area contributed by atoms with Crippen LogP contribution in [0.3, 0.4) is 0 Å². The van der Waals surface area contributed by atoms with Gasteiger partial charge < -0.3 is 9.30 Å². The predicted molar refractivity (Wildman–Crippen MR) is 122 cm³/mol. The van der Waals surface area contributed by atoms with E-state index in [9.17, 15) is 9.59 Å². The summed E-state index contributed by atoms with van der Waals surface area (Å²) >= 11 is 0. The molecule has 6 nitrogen and oxygen atoms in total. The van der Waals surface area contributed by atoms with E-state index in [0.29, 0.717) is 6.42 Å². The van der Waals surface area contributed by atoms with E-state index in [1.165, 1.54) is 10.9 Å². The van der Waals surface area contributed by atoms with E-state index < -0.39 is 6.09 Å². The summed E-state index contributed by atoms with van der Waals surface area (Å²) in [5.74, 6) is 0.0272. The van der Waals surface area contributed by atoms with Crippen LogP contribution in [0.4, 0.5) is 4.79 Å². The fraction of sp³-hybridized carbons (Fsp3) is 0.269. The molecule has 1 atom stereocenters. The Morgan fingerprint density at radius 2 is 1.88 bits per heavy atom. The SMILES string of the molecule is Cc1c(CC2CCc3c(c4ccccc4n3C)C2=O)ncn1C(=O)OCc1ccccc1. The maximum Gasteiger partial charge on any atom is 0.419 e. The molecule has 0 spiro atoms. The van der Waals surface area contributed by atoms with E-state index >= 15 is 0 Å². The number of imidazole rings is 1. The molecular weight excluding hydrogens is 402 g/mol. The van der Waals surface area contributed by atoms with Crippen molar-refractivity contribution in [2.75, 3.05) is 0 Å². The molecular formula is C26H25N3O3. The van der Waals surface area contributed by atoms with E-state index in [-0.39, 0.29) is 18.3 Å². The van der Waals surface area contributed by atoms with Crippen LogP contribution < -0.4 is 0 Å². The first-order chi connectivity index (χ1) is 15.5. The Balaban J connectivity index is 1.33. The Morgan fingerprint density at radius 3 is 2.69 bits per heavy atom. The number of carbonyl (C=O) groups excluding carboxylic acids is 2. The van der Waals surface area contributed by atoms with Crippen LogP contribution in [0, 0.1) is 12.8 Å². The molecule has 162 valence electrons. The van der Waals surface area contributed by atoms with E-state index in [0.717, 1.165) is 52.0 Å². The van der Waals surface area contributed by atoms with Crippen LogP contribution >= 0.6 is 0 Å². The van der Waals surface area contributed by atoms with Crippen molar-refractivity contribution in [2.45, 2.75) is 32.8 Å². The molecule has 0 aliphatic heterocycles. The highest BCUT2D eigenvalue weighted by Gasteiger charge is 2.33. The number of aromatic nitrogens is 3. The summed E-state index contributed by atoms with van der Waals surface area (Å²) in [5.41, 5.74) is 5.46. The van der Waals surface area contributed by atoms with Gasteiger partial charge in [0.05, 0.1) is 5.69 Å². The molecule has 4 aromatic rings. The standard InChI is InChI=1S/C26H25N3O3/c1-17-21(27-16-29(17)26(31)32-15-18-8-4-3-5-9-18)14-19-12-13-23-24(25(19)30)20-10-6-7-11-22(20)28(23)2/h3-11,16,19H,12-15H2,1-2H3. The van der Waals surface area contributed by atoms with Crippen LogP contribution in [-0.4, -0.2) is 26.0 Å². The topological polar surface area (TPSA) is 66.1 Å². The lowest BCUT2D eigenvalue weighted by molar-refractivity contribution is 0.0901. The summed E-state index contributed by atoms with van der Waals surface area (Å²) in [6.45, 7) is 2.06. The van der Waals surface area contributed by atoms with Gasteiger partial charge >= 0.3 is 6.09 Å². The van der Waals surface area contributed by atoms with Gasteiger partial charge in [-0.25, -0.2) is 14.3 Å². The fourth-order valence-electron chi connectivity index (χ4n) is 4.71. The van der Waals surface area contributed by atoms with Gasteiger partial charge in [0.1, 0.15) is 12.9 Å². The second-order valence-electron chi connectivity index (χ2n) is 8.39. The molecule has 0 saturated carbocycles. The molecule has 0 saturated heterocycles. The molecule has 2 aromatic heterocycles. The van der Waals surface area contributed by atoms with Crippen molar-refractivity contribution in [3.63, 3.8) is 0 Å². The smallest absolute Gasteiger partial charge is 0.419 e. The Kier molecular flexibility index (Phi) is 5.13. The second kappa shape index (κ2) is 8.11. The molecule has 2 aromatic carbocycles. The summed E-state index contributed by atoms with van der Waals surface area (Å²) in [7, 11) is 2.03. The normalized spacial score (nSPS) is 15.7. The number of ketones is 1. The van der Waals surface area contributed by atoms with Crippen molar-refractivity contribution >= 4 is 22.8 Å². The van der Waals surface area contributed by atoms with Gasteiger partial charge in [-0.15, -0.1) is 0 Å². The average Bonchev–Trinajstić information content (AvgIpc) is 3.32. The first-order valence-corrected chi connectivity index (χ1v) is 10.9. The highest BCUT2D eigenvalue weighted by Crippen LogP contribution is 2.35. The third-order valence-electron chi connectivity index (χ3n) is 6.52. The summed E-state index contributed by atoms with van der Waals surface area (Å²) in [6, 6.07) is 17.6. The van der Waals surface area contributed by atoms with Crippen molar-refractivity contribution < 1.29 is 14.3 Å². The Hall–Kier alpha value is -3.67. The lowest BCUT2D eigenvalue weighted by Crippen LogP contribution is -2.25. The van der Waals surface area contributed by atoms with Crippen molar-refractivity contribution in [2.24, 2.45) is 13.0 Å². The lowest BCUT2D eigenvalue weighted by atomic mass is 9.82. The van der Waals surface area contributed by atoms with Gasteiger partial charge in [0, 0.05) is 47.2 Å². The van der Waals surface area contributed by atoms with Gasteiger partial charge in [0.25, 0.3) is 0 Å². The zero-order chi connectivity index (χ0) is 22.2. The minimum absolute atomic E-state index is 0.143. The number of carbonyl (C=O) groups is 2. The number of hydrogen-bond acceptors (Lipinski definition) is 4. The van der Waals surface area contributed by atoms with Gasteiger partial charge in [-0.2, -0.15) is 0 Å². The molecule has 2 heterocycles. The maximum absolute atomic E-state index is 13.4. The van der Waals surface area contributed by atoms with Crippen molar-refractivity contribution in [3.8, 4) is 0 Å². The molecule has 0 fully saturated rings. The largest absolute Gasteiger partial charge is 0.444 e. The molecule has 0 bridgehead atoms. The number of Topliss-reactive ketones (excluding diaryl/α,β-unsaturated/α-hetero) is 1. The third-order valence-corrected chi connectivity index (χ3v) is 6.52. The van der Waals surface area contributed by atoms with Crippen molar-refractivity contribution in [1.82, 2.24) is 14.1 Å². The summed E-state index contributed by atoms with van der Waals surface area (Å²) in [5, 5.41) is 1.02. The minimum Gasteiger partial charge on any atom is -0.444 e. The molecule has 5 rings (SSSR count). The van der Waals surface area contributed by atoms with E-state index in [1.54, 1.807) is 0 Å². The predicted octanol–water partition coefficient (Wildman–Crippen LogP) is 4.86. The monoisotopic (exact) mass is 427 g/mol. The summed E-state index contributed by atoms with van der Waals surface area (Å²) < 4.78 is 9.00. The molecule has 0 radical (unpaired) electrons. The Morgan fingerprint density at radius 1 is 1.12 bits per heavy atom. The molecule has 0 N–H and O–H groups in total. The van der Waals surface area contributed by atoms with Gasteiger partial charge in [0.2, 0.25) is 0 Å². The number of aryl methyl sites for hydroxylation is 1. The van der Waals surface area contributed by atoms with Gasteiger partial charge in [-0.3, -0.25) is 4.79 Å². The number of ether oxygens (including phenoxy) is 1. The minimum atomic E-state index is -0.462. The number of fused-ring (bicyclic) bond motifs is 3. The van der Waals surface area contributed by atoms with Crippen LogP contribution in [0.5, 0.6) is 0 Å². The Labute approximate surface area is 186 Å². The van der Waals surface area contributed by atoms with E-state index in [4.69, 9.17) is 4.74 Å². The highest BCUT2D eigenvalue weighted by molar-refractivity contribution is 6.11. The fourth-order valence-corrected chi connectivity index (χ4v) is 4.71. The highest BCUT2D eigenvalue weighted by atomic mass is 16.5. The number of rotatable bonds is 4. The number of para-hydroxylation sites is 1. The number of hydrogen-bond donors (Lipinski definition) is 0. The van der Waals surface area contributed by atoms with Crippen molar-refractivity contribution in [3.05, 3.63) is 89.1 Å². The molecule has 0 amide bonds. The molecule has 6 heteroatoms. The lowest BCUT2D eigenvalue weighted by Gasteiger charge is -2.22. The maximum atomic E-state index is 13.4. The van der Waals surface area contributed by atoms with Gasteiger partial charge in [0.15, 0.2) is 5.78 Å². The molecule has 1 aliphatic rings. The van der Waals surface area contributed by atoms with Gasteiger partial charge in [-0.05, 0) is 31.4 Å². The summed E-state index contributed by atoms with van der Waals surface area (Å²) in [4.78, 5) is 30.4. The number of benzene rings is 2. The number of nitrogens with zero attached hydrogens (tertiary/aromatic N) is 3. The van der Waals surface area contributed by atoms with Crippen LogP contribution in [0.25, 0.3) is 10.9 Å². The third kappa shape index (κ3) is 3.42. The molecule has 1 aliphatic carbocycles. The van der Waals surface area contributed by atoms with E-state index in [2.05, 4.69) is 15.6 Å². The molecule has 1 unspecified atom stereocenters. The zero-order valence-electron chi connectivity index (χ0n) is 18.2. The molecule has 32 heavy (non-hydrogen) atoms. The van der Waals surface area contributed by atoms with E-state index in [1.807, 2.05) is 62.5 Å². The van der Waals surface area contributed by atoms with Gasteiger partial charge in [-0.1, -0.05) is 48.5 Å². The first-order valence-electron chi connectivity index (χ1n) is 10.9. The zero-order valence-corrected chi connectivity index (χ0v) is 18.2. The van der Waals surface area contributed by atoms with Crippen LogP contribution in [0.1, 0.15) is 39.4 Å². The van der Waals surface area contributed by atoms with Crippen LogP contribution in [-0.2, 0) is 31.2 Å². The summed E-state index contributed by atoms with van der Waals surface area (Å²) in [6.07, 6.45) is 3.19. The van der Waals surface area contributed by atoms with Crippen molar-refractivity contribution in [1.29, 1.82) is 0 Å². The van der Waals surface area contributed by atoms with Crippen LogP contribution in [0.15, 0.2) is 60.9 Å². The van der Waals surface area contributed by atoms with Crippen LogP contribution in [0.2, 0.25) is 0 Å². The first kappa shape index (κ1) is 20.2. The average molecular weight is 428 g/mol. The quantitative estimate of drug-likeness (QED) is 0.467. The Bertz CT molecular complexity index is 1320. The second-order valence-corrected chi connectivity index (χ2v) is 8.39.